The number of amides is 1. The first-order valence-corrected chi connectivity index (χ1v) is 6.42. The van der Waals surface area contributed by atoms with Crippen LogP contribution in [0, 0.1) is 17.2 Å². The van der Waals surface area contributed by atoms with E-state index < -0.39 is 17.3 Å². The third kappa shape index (κ3) is 3.73. The molecular weight excluding hydrogens is 285 g/mol. The van der Waals surface area contributed by atoms with Crippen LogP contribution in [0.4, 0.5) is 18.9 Å². The van der Waals surface area contributed by atoms with Crippen LogP contribution in [0.3, 0.4) is 0 Å². The molecule has 1 N–H and O–H groups in total. The van der Waals surface area contributed by atoms with Crippen LogP contribution in [0.1, 0.15) is 24.0 Å². The third-order valence-corrected chi connectivity index (χ3v) is 3.24. The topological polar surface area (TPSA) is 62.1 Å². The summed E-state index contributed by atoms with van der Waals surface area (Å²) in [6.07, 6.45) is -3.24. The van der Waals surface area contributed by atoms with Gasteiger partial charge in [0, 0.05) is 12.3 Å². The zero-order valence-corrected chi connectivity index (χ0v) is 11.0. The van der Waals surface area contributed by atoms with Gasteiger partial charge >= 0.3 is 6.18 Å². The fourth-order valence-electron chi connectivity index (χ4n) is 2.15. The van der Waals surface area contributed by atoms with E-state index in [0.29, 0.717) is 13.0 Å². The minimum Gasteiger partial charge on any atom is -0.381 e. The lowest BCUT2D eigenvalue weighted by Crippen LogP contribution is -2.30. The van der Waals surface area contributed by atoms with E-state index in [4.69, 9.17) is 10.00 Å². The minimum absolute atomic E-state index is 0.0249. The van der Waals surface area contributed by atoms with E-state index in [1.807, 2.05) is 0 Å². The normalized spacial score (nSPS) is 18.9. The molecule has 0 bridgehead atoms. The van der Waals surface area contributed by atoms with Gasteiger partial charge in [-0.15, -0.1) is 0 Å². The predicted octanol–water partition coefficient (Wildman–Crippen LogP) is 2.94. The highest BCUT2D eigenvalue weighted by Crippen LogP contribution is 2.33. The molecule has 112 valence electrons. The molecule has 0 saturated carbocycles. The van der Waals surface area contributed by atoms with Crippen LogP contribution >= 0.6 is 0 Å². The zero-order chi connectivity index (χ0) is 15.5. The average molecular weight is 298 g/mol. The Morgan fingerprint density at radius 2 is 2.19 bits per heavy atom. The van der Waals surface area contributed by atoms with Gasteiger partial charge in [-0.05, 0) is 31.0 Å². The second-order valence-corrected chi connectivity index (χ2v) is 4.77. The molecular formula is C14H13F3N2O2. The number of carbonyl (C=O) groups excluding carboxylic acids is 1. The van der Waals surface area contributed by atoms with Gasteiger partial charge in [0.05, 0.1) is 29.7 Å². The van der Waals surface area contributed by atoms with Gasteiger partial charge in [-0.25, -0.2) is 0 Å². The summed E-state index contributed by atoms with van der Waals surface area (Å²) in [5, 5.41) is 11.2. The SMILES string of the molecule is N#Cc1ccc(NC(=O)C2CCCOC2)cc1C(F)(F)F. The van der Waals surface area contributed by atoms with Crippen molar-refractivity contribution in [3.05, 3.63) is 29.3 Å². The number of nitrogens with one attached hydrogen (secondary N) is 1. The average Bonchev–Trinajstić information content (AvgIpc) is 2.47. The molecule has 1 aromatic carbocycles. The molecule has 2 rings (SSSR count). The molecule has 1 fully saturated rings. The van der Waals surface area contributed by atoms with Gasteiger partial charge in [0.2, 0.25) is 5.91 Å². The van der Waals surface area contributed by atoms with Crippen LogP contribution < -0.4 is 5.32 Å². The molecule has 1 heterocycles. The van der Waals surface area contributed by atoms with Crippen molar-refractivity contribution < 1.29 is 22.7 Å². The Balaban J connectivity index is 2.17. The van der Waals surface area contributed by atoms with Crippen molar-refractivity contribution in [3.8, 4) is 6.07 Å². The van der Waals surface area contributed by atoms with Crippen molar-refractivity contribution in [2.24, 2.45) is 5.92 Å². The summed E-state index contributed by atoms with van der Waals surface area (Å²) < 4.78 is 43.6. The second kappa shape index (κ2) is 6.14. The molecule has 21 heavy (non-hydrogen) atoms. The Labute approximate surface area is 119 Å². The maximum atomic E-state index is 12.8. The fraction of sp³-hybridized carbons (Fsp3) is 0.429. The van der Waals surface area contributed by atoms with E-state index in [2.05, 4.69) is 5.32 Å². The number of nitriles is 1. The van der Waals surface area contributed by atoms with Crippen molar-refractivity contribution in [3.63, 3.8) is 0 Å². The molecule has 1 amide bonds. The van der Waals surface area contributed by atoms with Gasteiger partial charge in [-0.2, -0.15) is 18.4 Å². The number of rotatable bonds is 2. The maximum Gasteiger partial charge on any atom is 0.417 e. The molecule has 0 aliphatic carbocycles. The van der Waals surface area contributed by atoms with E-state index in [1.165, 1.54) is 12.1 Å². The molecule has 1 aliphatic heterocycles. The number of benzene rings is 1. The van der Waals surface area contributed by atoms with Crippen LogP contribution in [-0.4, -0.2) is 19.1 Å². The molecule has 1 aliphatic rings. The molecule has 4 nitrogen and oxygen atoms in total. The number of hydrogen-bond donors (Lipinski definition) is 1. The Bertz CT molecular complexity index is 573. The van der Waals surface area contributed by atoms with Gasteiger partial charge in [0.25, 0.3) is 0 Å². The zero-order valence-electron chi connectivity index (χ0n) is 11.0. The third-order valence-electron chi connectivity index (χ3n) is 3.24. The Kier molecular flexibility index (Phi) is 4.48. The van der Waals surface area contributed by atoms with Gasteiger partial charge in [-0.1, -0.05) is 0 Å². The van der Waals surface area contributed by atoms with Gasteiger partial charge < -0.3 is 10.1 Å². The van der Waals surface area contributed by atoms with Crippen LogP contribution in [0.2, 0.25) is 0 Å². The van der Waals surface area contributed by atoms with E-state index in [1.54, 1.807) is 0 Å². The lowest BCUT2D eigenvalue weighted by atomic mass is 10.0. The summed E-state index contributed by atoms with van der Waals surface area (Å²) in [7, 11) is 0. The van der Waals surface area contributed by atoms with Crippen LogP contribution in [0.15, 0.2) is 18.2 Å². The fourth-order valence-corrected chi connectivity index (χ4v) is 2.15. The molecule has 1 aromatic rings. The summed E-state index contributed by atoms with van der Waals surface area (Å²) in [5.74, 6) is -0.726. The number of halogens is 3. The van der Waals surface area contributed by atoms with Crippen molar-refractivity contribution in [1.29, 1.82) is 5.26 Å². The van der Waals surface area contributed by atoms with Crippen LogP contribution in [0.25, 0.3) is 0 Å². The van der Waals surface area contributed by atoms with Crippen molar-refractivity contribution in [2.45, 2.75) is 19.0 Å². The van der Waals surface area contributed by atoms with Gasteiger partial charge in [0.15, 0.2) is 0 Å². The molecule has 7 heteroatoms. The Hall–Kier alpha value is -2.07. The summed E-state index contributed by atoms with van der Waals surface area (Å²) >= 11 is 0. The number of carbonyl (C=O) groups is 1. The second-order valence-electron chi connectivity index (χ2n) is 4.77. The highest BCUT2D eigenvalue weighted by atomic mass is 19.4. The summed E-state index contributed by atoms with van der Waals surface area (Å²) in [4.78, 5) is 11.9. The molecule has 1 unspecified atom stereocenters. The smallest absolute Gasteiger partial charge is 0.381 e. The van der Waals surface area contributed by atoms with Gasteiger partial charge in [0.1, 0.15) is 0 Å². The first-order valence-electron chi connectivity index (χ1n) is 6.42. The first-order chi connectivity index (χ1) is 9.91. The van der Waals surface area contributed by atoms with E-state index in [9.17, 15) is 18.0 Å². The molecule has 0 spiro atoms. The molecule has 0 aromatic heterocycles. The summed E-state index contributed by atoms with van der Waals surface area (Å²) in [6.45, 7) is 0.868. The number of alkyl halides is 3. The molecule has 1 saturated heterocycles. The molecule has 0 radical (unpaired) electrons. The van der Waals surface area contributed by atoms with E-state index in [0.717, 1.165) is 18.6 Å². The molecule has 1 atom stereocenters. The Morgan fingerprint density at radius 1 is 1.43 bits per heavy atom. The first kappa shape index (κ1) is 15.3. The quantitative estimate of drug-likeness (QED) is 0.913. The van der Waals surface area contributed by atoms with Crippen LogP contribution in [0.5, 0.6) is 0 Å². The lowest BCUT2D eigenvalue weighted by molar-refractivity contribution is -0.137. The van der Waals surface area contributed by atoms with Gasteiger partial charge in [-0.3, -0.25) is 4.79 Å². The Morgan fingerprint density at radius 3 is 2.76 bits per heavy atom. The van der Waals surface area contributed by atoms with Crippen molar-refractivity contribution >= 4 is 11.6 Å². The number of ether oxygens (including phenoxy) is 1. The van der Waals surface area contributed by atoms with E-state index in [-0.39, 0.29) is 24.1 Å². The monoisotopic (exact) mass is 298 g/mol. The highest BCUT2D eigenvalue weighted by Gasteiger charge is 2.34. The number of nitrogens with zero attached hydrogens (tertiary/aromatic N) is 1. The maximum absolute atomic E-state index is 12.8. The standard InChI is InChI=1S/C14H13F3N2O2/c15-14(16,17)12-6-11(4-3-9(12)7-18)19-13(20)10-2-1-5-21-8-10/h3-4,6,10H,1-2,5,8H2,(H,19,20). The summed E-state index contributed by atoms with van der Waals surface area (Å²) in [5.41, 5.74) is -1.50. The van der Waals surface area contributed by atoms with Crippen molar-refractivity contribution in [2.75, 3.05) is 18.5 Å². The van der Waals surface area contributed by atoms with E-state index >= 15 is 0 Å². The van der Waals surface area contributed by atoms with Crippen LogP contribution in [-0.2, 0) is 15.7 Å². The van der Waals surface area contributed by atoms with Crippen molar-refractivity contribution in [1.82, 2.24) is 0 Å². The minimum atomic E-state index is -4.64. The lowest BCUT2D eigenvalue weighted by Gasteiger charge is -2.21. The highest BCUT2D eigenvalue weighted by molar-refractivity contribution is 5.92. The number of hydrogen-bond acceptors (Lipinski definition) is 3. The summed E-state index contributed by atoms with van der Waals surface area (Å²) in [6, 6.07) is 4.61. The number of anilines is 1. The predicted molar refractivity (Wildman–Crippen MR) is 68.3 cm³/mol. The largest absolute Gasteiger partial charge is 0.417 e.